The van der Waals surface area contributed by atoms with Gasteiger partial charge in [0.25, 0.3) is 5.91 Å². The van der Waals surface area contributed by atoms with Gasteiger partial charge in [-0.1, -0.05) is 50.3 Å². The highest BCUT2D eigenvalue weighted by Crippen LogP contribution is 2.41. The number of carbonyl (C=O) groups is 2. The van der Waals surface area contributed by atoms with Crippen LogP contribution in [-0.2, 0) is 11.3 Å². The van der Waals surface area contributed by atoms with Gasteiger partial charge in [0.2, 0.25) is 5.91 Å². The van der Waals surface area contributed by atoms with E-state index in [0.717, 1.165) is 62.7 Å². The molecule has 0 radical (unpaired) electrons. The fraction of sp³-hybridized carbons (Fsp3) is 0.636. The quantitative estimate of drug-likeness (QED) is 0.818. The molecular weight excluding hydrogens is 324 g/mol. The van der Waals surface area contributed by atoms with Gasteiger partial charge in [0, 0.05) is 25.2 Å². The molecule has 1 aliphatic carbocycles. The van der Waals surface area contributed by atoms with Crippen LogP contribution in [-0.4, -0.2) is 40.2 Å². The Morgan fingerprint density at radius 3 is 2.27 bits per heavy atom. The van der Waals surface area contributed by atoms with Crippen molar-refractivity contribution in [2.45, 2.75) is 76.3 Å². The zero-order valence-corrected chi connectivity index (χ0v) is 15.7. The molecule has 0 unspecified atom stereocenters. The summed E-state index contributed by atoms with van der Waals surface area (Å²) in [7, 11) is 0. The van der Waals surface area contributed by atoms with Crippen LogP contribution in [0.15, 0.2) is 24.3 Å². The molecule has 2 aliphatic heterocycles. The van der Waals surface area contributed by atoms with E-state index in [1.165, 1.54) is 19.3 Å². The van der Waals surface area contributed by atoms with Crippen LogP contribution in [0.1, 0.15) is 80.1 Å². The van der Waals surface area contributed by atoms with E-state index in [-0.39, 0.29) is 17.4 Å². The Morgan fingerprint density at radius 1 is 0.923 bits per heavy atom. The molecule has 4 nitrogen and oxygen atoms in total. The summed E-state index contributed by atoms with van der Waals surface area (Å²) in [5.41, 5.74) is 1.67. The molecule has 0 atom stereocenters. The van der Waals surface area contributed by atoms with Crippen LogP contribution in [0.2, 0.25) is 0 Å². The predicted molar refractivity (Wildman–Crippen MR) is 102 cm³/mol. The summed E-state index contributed by atoms with van der Waals surface area (Å²) in [5.74, 6) is 0.392. The Morgan fingerprint density at radius 2 is 1.58 bits per heavy atom. The van der Waals surface area contributed by atoms with Gasteiger partial charge in [0.15, 0.2) is 0 Å². The van der Waals surface area contributed by atoms with Crippen molar-refractivity contribution in [3.05, 3.63) is 35.4 Å². The summed E-state index contributed by atoms with van der Waals surface area (Å²) in [5, 5.41) is 0. The second-order valence-electron chi connectivity index (χ2n) is 8.31. The zero-order chi connectivity index (χ0) is 18.0. The van der Waals surface area contributed by atoms with Crippen molar-refractivity contribution in [1.29, 1.82) is 0 Å². The van der Waals surface area contributed by atoms with Crippen molar-refractivity contribution in [3.63, 3.8) is 0 Å². The highest BCUT2D eigenvalue weighted by molar-refractivity contribution is 5.99. The first kappa shape index (κ1) is 17.6. The molecule has 1 saturated heterocycles. The number of amides is 2. The predicted octanol–water partition coefficient (Wildman–Crippen LogP) is 4.14. The Bertz CT molecular complexity index is 670. The third-order valence-electron chi connectivity index (χ3n) is 6.62. The Labute approximate surface area is 156 Å². The summed E-state index contributed by atoms with van der Waals surface area (Å²) >= 11 is 0. The molecule has 1 aromatic rings. The van der Waals surface area contributed by atoms with Crippen LogP contribution in [0.4, 0.5) is 0 Å². The Kier molecular flexibility index (Phi) is 5.01. The summed E-state index contributed by atoms with van der Waals surface area (Å²) in [4.78, 5) is 30.4. The van der Waals surface area contributed by atoms with E-state index in [4.69, 9.17) is 0 Å². The van der Waals surface area contributed by atoms with Crippen molar-refractivity contribution < 1.29 is 9.59 Å². The Hall–Kier alpha value is -1.84. The van der Waals surface area contributed by atoms with Crippen LogP contribution in [0.25, 0.3) is 0 Å². The summed E-state index contributed by atoms with van der Waals surface area (Å²) < 4.78 is 0. The number of hydrogen-bond acceptors (Lipinski definition) is 2. The number of fused-ring (bicyclic) bond motifs is 1. The summed E-state index contributed by atoms with van der Waals surface area (Å²) in [6.07, 6.45) is 10.6. The molecule has 0 bridgehead atoms. The van der Waals surface area contributed by atoms with Crippen LogP contribution in [0.3, 0.4) is 0 Å². The molecule has 140 valence electrons. The van der Waals surface area contributed by atoms with Gasteiger partial charge >= 0.3 is 0 Å². The molecule has 0 N–H and O–H groups in total. The molecule has 2 heterocycles. The highest BCUT2D eigenvalue weighted by atomic mass is 16.2. The van der Waals surface area contributed by atoms with Gasteiger partial charge in [0.05, 0.1) is 12.0 Å². The van der Waals surface area contributed by atoms with Crippen molar-refractivity contribution in [3.8, 4) is 0 Å². The second kappa shape index (κ2) is 7.42. The average Bonchev–Trinajstić information content (AvgIpc) is 2.85. The van der Waals surface area contributed by atoms with E-state index in [1.54, 1.807) is 0 Å². The first-order valence-electron chi connectivity index (χ1n) is 10.4. The van der Waals surface area contributed by atoms with Gasteiger partial charge < -0.3 is 9.80 Å². The minimum atomic E-state index is -0.280. The molecule has 26 heavy (non-hydrogen) atoms. The van der Waals surface area contributed by atoms with E-state index in [9.17, 15) is 9.59 Å². The van der Waals surface area contributed by atoms with Crippen LogP contribution in [0.5, 0.6) is 0 Å². The van der Waals surface area contributed by atoms with Crippen LogP contribution >= 0.6 is 0 Å². The lowest BCUT2D eigenvalue weighted by molar-refractivity contribution is -0.134. The average molecular weight is 354 g/mol. The van der Waals surface area contributed by atoms with E-state index in [0.29, 0.717) is 13.0 Å². The van der Waals surface area contributed by atoms with Crippen LogP contribution < -0.4 is 0 Å². The maximum Gasteiger partial charge on any atom is 0.254 e. The molecule has 0 spiro atoms. The highest BCUT2D eigenvalue weighted by Gasteiger charge is 2.46. The largest absolute Gasteiger partial charge is 0.343 e. The monoisotopic (exact) mass is 354 g/mol. The van der Waals surface area contributed by atoms with Crippen LogP contribution in [0, 0.1) is 0 Å². The minimum Gasteiger partial charge on any atom is -0.343 e. The molecule has 4 heteroatoms. The topological polar surface area (TPSA) is 40.6 Å². The first-order valence-corrected chi connectivity index (χ1v) is 10.4. The van der Waals surface area contributed by atoms with Gasteiger partial charge in [-0.25, -0.2) is 0 Å². The third kappa shape index (κ3) is 3.26. The molecule has 1 aromatic carbocycles. The van der Waals surface area contributed by atoms with E-state index in [1.807, 2.05) is 23.1 Å². The second-order valence-corrected chi connectivity index (χ2v) is 8.31. The smallest absolute Gasteiger partial charge is 0.254 e. The number of nitrogens with zero attached hydrogens (tertiary/aromatic N) is 2. The summed E-state index contributed by atoms with van der Waals surface area (Å²) in [6.45, 7) is 2.45. The lowest BCUT2D eigenvalue weighted by atomic mass is 9.77. The van der Waals surface area contributed by atoms with E-state index in [2.05, 4.69) is 11.0 Å². The number of hydrogen-bond donors (Lipinski definition) is 0. The van der Waals surface area contributed by atoms with Gasteiger partial charge in [-0.2, -0.15) is 0 Å². The van der Waals surface area contributed by atoms with E-state index < -0.39 is 0 Å². The molecular formula is C22H30N2O2. The standard InChI is InChI=1S/C22H30N2O2/c25-20(23-14-8-1-2-9-15-23)16-22(12-6-3-7-13-22)24-17-18-10-4-5-11-19(18)21(24)26/h4-5,10-11H,1-3,6-9,12-17H2. The maximum atomic E-state index is 13.1. The molecule has 2 amide bonds. The van der Waals surface area contributed by atoms with Gasteiger partial charge in [-0.05, 0) is 37.3 Å². The van der Waals surface area contributed by atoms with Crippen molar-refractivity contribution in [2.75, 3.05) is 13.1 Å². The molecule has 0 aromatic heterocycles. The molecule has 1 saturated carbocycles. The molecule has 2 fully saturated rings. The zero-order valence-electron chi connectivity index (χ0n) is 15.7. The lowest BCUT2D eigenvalue weighted by Crippen LogP contribution is -2.53. The fourth-order valence-electron chi connectivity index (χ4n) is 5.10. The first-order chi connectivity index (χ1) is 12.7. The number of likely N-dealkylation sites (tertiary alicyclic amines) is 1. The number of rotatable bonds is 3. The SMILES string of the molecule is O=C(CC1(N2Cc3ccccc3C2=O)CCCCC1)N1CCCCCC1. The summed E-state index contributed by atoms with van der Waals surface area (Å²) in [6, 6.07) is 7.94. The van der Waals surface area contributed by atoms with Gasteiger partial charge in [0.1, 0.15) is 0 Å². The van der Waals surface area contributed by atoms with Gasteiger partial charge in [-0.3, -0.25) is 9.59 Å². The maximum absolute atomic E-state index is 13.1. The fourth-order valence-corrected chi connectivity index (χ4v) is 5.10. The third-order valence-corrected chi connectivity index (χ3v) is 6.62. The van der Waals surface area contributed by atoms with Crippen molar-refractivity contribution in [1.82, 2.24) is 9.80 Å². The normalized spacial score (nSPS) is 22.8. The Balaban J connectivity index is 1.56. The lowest BCUT2D eigenvalue weighted by Gasteiger charge is -2.45. The molecule has 4 rings (SSSR count). The number of carbonyl (C=O) groups excluding carboxylic acids is 2. The van der Waals surface area contributed by atoms with Gasteiger partial charge in [-0.15, -0.1) is 0 Å². The van der Waals surface area contributed by atoms with Crippen molar-refractivity contribution in [2.24, 2.45) is 0 Å². The van der Waals surface area contributed by atoms with E-state index >= 15 is 0 Å². The van der Waals surface area contributed by atoms with Crippen molar-refractivity contribution >= 4 is 11.8 Å². The minimum absolute atomic E-state index is 0.131. The number of benzene rings is 1. The molecule has 3 aliphatic rings.